The third-order valence-electron chi connectivity index (χ3n) is 4.58. The minimum absolute atomic E-state index is 0.267. The summed E-state index contributed by atoms with van der Waals surface area (Å²) in [6, 6.07) is 8.84. The SMILES string of the molecule is CCC1CCC(=O)C(Cc2ccc(C(C)C)cc2)C1. The maximum atomic E-state index is 12.0. The molecule has 0 N–H and O–H groups in total. The molecule has 2 atom stereocenters. The second-order valence-corrected chi connectivity index (χ2v) is 6.31. The highest BCUT2D eigenvalue weighted by Crippen LogP contribution is 2.31. The van der Waals surface area contributed by atoms with E-state index in [1.807, 2.05) is 0 Å². The van der Waals surface area contributed by atoms with E-state index in [-0.39, 0.29) is 5.92 Å². The first-order chi connectivity index (χ1) is 9.10. The number of Topliss-reactive ketones (excluding diaryl/α,β-unsaturated/α-hetero) is 1. The van der Waals surface area contributed by atoms with Crippen LogP contribution in [0.3, 0.4) is 0 Å². The monoisotopic (exact) mass is 258 g/mol. The summed E-state index contributed by atoms with van der Waals surface area (Å²) < 4.78 is 0. The predicted octanol–water partition coefficient (Wildman–Crippen LogP) is 4.75. The van der Waals surface area contributed by atoms with Crippen LogP contribution in [-0.2, 0) is 11.2 Å². The molecule has 0 heterocycles. The van der Waals surface area contributed by atoms with Gasteiger partial charge in [0.05, 0.1) is 0 Å². The molecule has 104 valence electrons. The van der Waals surface area contributed by atoms with Gasteiger partial charge in [-0.15, -0.1) is 0 Å². The van der Waals surface area contributed by atoms with E-state index >= 15 is 0 Å². The Bertz CT molecular complexity index is 416. The lowest BCUT2D eigenvalue weighted by Gasteiger charge is -2.27. The van der Waals surface area contributed by atoms with Crippen molar-refractivity contribution in [3.05, 3.63) is 35.4 Å². The van der Waals surface area contributed by atoms with Crippen LogP contribution in [0.4, 0.5) is 0 Å². The van der Waals surface area contributed by atoms with E-state index in [1.54, 1.807) is 0 Å². The van der Waals surface area contributed by atoms with Gasteiger partial charge >= 0.3 is 0 Å². The second-order valence-electron chi connectivity index (χ2n) is 6.31. The van der Waals surface area contributed by atoms with Crippen LogP contribution in [0.1, 0.15) is 63.5 Å². The molecule has 0 amide bonds. The molecule has 1 aliphatic carbocycles. The zero-order valence-corrected chi connectivity index (χ0v) is 12.5. The Labute approximate surface area is 117 Å². The van der Waals surface area contributed by atoms with Crippen LogP contribution >= 0.6 is 0 Å². The topological polar surface area (TPSA) is 17.1 Å². The fourth-order valence-electron chi connectivity index (χ4n) is 3.09. The van der Waals surface area contributed by atoms with Crippen molar-refractivity contribution in [2.75, 3.05) is 0 Å². The van der Waals surface area contributed by atoms with E-state index in [2.05, 4.69) is 45.0 Å². The van der Waals surface area contributed by atoms with E-state index in [4.69, 9.17) is 0 Å². The fourth-order valence-corrected chi connectivity index (χ4v) is 3.09. The van der Waals surface area contributed by atoms with Crippen LogP contribution in [0.25, 0.3) is 0 Å². The molecule has 1 aromatic carbocycles. The quantitative estimate of drug-likeness (QED) is 0.761. The van der Waals surface area contributed by atoms with Crippen molar-refractivity contribution < 1.29 is 4.79 Å². The Morgan fingerprint density at radius 3 is 2.47 bits per heavy atom. The molecule has 1 saturated carbocycles. The summed E-state index contributed by atoms with van der Waals surface area (Å²) in [6.45, 7) is 6.67. The van der Waals surface area contributed by atoms with Crippen molar-refractivity contribution in [2.24, 2.45) is 11.8 Å². The number of carbonyl (C=O) groups is 1. The largest absolute Gasteiger partial charge is 0.299 e. The third-order valence-corrected chi connectivity index (χ3v) is 4.58. The van der Waals surface area contributed by atoms with Crippen molar-refractivity contribution in [2.45, 2.75) is 58.8 Å². The summed E-state index contributed by atoms with van der Waals surface area (Å²) in [5.74, 6) is 2.09. The number of rotatable bonds is 4. The molecule has 0 aliphatic heterocycles. The van der Waals surface area contributed by atoms with E-state index < -0.39 is 0 Å². The lowest BCUT2D eigenvalue weighted by Crippen LogP contribution is -2.26. The zero-order chi connectivity index (χ0) is 13.8. The molecule has 1 aromatic rings. The highest BCUT2D eigenvalue weighted by atomic mass is 16.1. The van der Waals surface area contributed by atoms with Crippen molar-refractivity contribution >= 4 is 5.78 Å². The number of carbonyl (C=O) groups excluding carboxylic acids is 1. The van der Waals surface area contributed by atoms with Crippen molar-refractivity contribution in [1.82, 2.24) is 0 Å². The van der Waals surface area contributed by atoms with E-state index in [9.17, 15) is 4.79 Å². The summed E-state index contributed by atoms with van der Waals surface area (Å²) in [5.41, 5.74) is 2.70. The van der Waals surface area contributed by atoms with Gasteiger partial charge in [0, 0.05) is 12.3 Å². The van der Waals surface area contributed by atoms with E-state index in [0.717, 1.165) is 31.6 Å². The minimum Gasteiger partial charge on any atom is -0.299 e. The van der Waals surface area contributed by atoms with Gasteiger partial charge in [0.1, 0.15) is 5.78 Å². The number of hydrogen-bond donors (Lipinski definition) is 0. The number of benzene rings is 1. The molecule has 1 aliphatic rings. The summed E-state index contributed by atoms with van der Waals surface area (Å²) in [5, 5.41) is 0. The lowest BCUT2D eigenvalue weighted by molar-refractivity contribution is -0.125. The first-order valence-corrected chi connectivity index (χ1v) is 7.71. The number of hydrogen-bond acceptors (Lipinski definition) is 1. The molecule has 1 fully saturated rings. The van der Waals surface area contributed by atoms with Gasteiger partial charge in [-0.25, -0.2) is 0 Å². The Hall–Kier alpha value is -1.11. The Kier molecular flexibility index (Phi) is 4.79. The summed E-state index contributed by atoms with van der Waals surface area (Å²) in [7, 11) is 0. The van der Waals surface area contributed by atoms with Crippen LogP contribution in [0, 0.1) is 11.8 Å². The van der Waals surface area contributed by atoms with Gasteiger partial charge in [0.25, 0.3) is 0 Å². The maximum absolute atomic E-state index is 12.0. The van der Waals surface area contributed by atoms with Gasteiger partial charge in [-0.2, -0.15) is 0 Å². The third kappa shape index (κ3) is 3.68. The van der Waals surface area contributed by atoms with E-state index in [0.29, 0.717) is 11.7 Å². The van der Waals surface area contributed by atoms with Crippen LogP contribution in [0.2, 0.25) is 0 Å². The highest BCUT2D eigenvalue weighted by Gasteiger charge is 2.27. The molecule has 2 rings (SSSR count). The summed E-state index contributed by atoms with van der Waals surface area (Å²) in [6.07, 6.45) is 5.16. The lowest BCUT2D eigenvalue weighted by atomic mass is 9.77. The fraction of sp³-hybridized carbons (Fsp3) is 0.611. The van der Waals surface area contributed by atoms with Crippen molar-refractivity contribution in [3.63, 3.8) is 0 Å². The number of ketones is 1. The van der Waals surface area contributed by atoms with Crippen LogP contribution in [0.5, 0.6) is 0 Å². The van der Waals surface area contributed by atoms with Crippen molar-refractivity contribution in [3.8, 4) is 0 Å². The molecular formula is C18H26O. The van der Waals surface area contributed by atoms with Gasteiger partial charge in [0.15, 0.2) is 0 Å². The van der Waals surface area contributed by atoms with Crippen LogP contribution in [0.15, 0.2) is 24.3 Å². The first kappa shape index (κ1) is 14.3. The average Bonchev–Trinajstić information content (AvgIpc) is 2.42. The molecular weight excluding hydrogens is 232 g/mol. The molecule has 1 nitrogen and oxygen atoms in total. The Morgan fingerprint density at radius 1 is 1.21 bits per heavy atom. The second kappa shape index (κ2) is 6.36. The van der Waals surface area contributed by atoms with Gasteiger partial charge in [-0.05, 0) is 42.2 Å². The minimum atomic E-state index is 0.267. The Morgan fingerprint density at radius 2 is 1.89 bits per heavy atom. The van der Waals surface area contributed by atoms with Gasteiger partial charge in [0.2, 0.25) is 0 Å². The molecule has 0 radical (unpaired) electrons. The van der Waals surface area contributed by atoms with Crippen LogP contribution < -0.4 is 0 Å². The highest BCUT2D eigenvalue weighted by molar-refractivity contribution is 5.82. The summed E-state index contributed by atoms with van der Waals surface area (Å²) >= 11 is 0. The molecule has 0 aromatic heterocycles. The average molecular weight is 258 g/mol. The zero-order valence-electron chi connectivity index (χ0n) is 12.5. The molecule has 1 heteroatoms. The molecule has 0 bridgehead atoms. The van der Waals surface area contributed by atoms with Gasteiger partial charge < -0.3 is 0 Å². The van der Waals surface area contributed by atoms with E-state index in [1.165, 1.54) is 17.5 Å². The predicted molar refractivity (Wildman–Crippen MR) is 80.4 cm³/mol. The summed E-state index contributed by atoms with van der Waals surface area (Å²) in [4.78, 5) is 12.0. The molecule has 0 spiro atoms. The van der Waals surface area contributed by atoms with Crippen molar-refractivity contribution in [1.29, 1.82) is 0 Å². The van der Waals surface area contributed by atoms with Crippen LogP contribution in [-0.4, -0.2) is 5.78 Å². The molecule has 0 saturated heterocycles. The Balaban J connectivity index is 2.01. The standard InChI is InChI=1S/C18H26O/c1-4-14-7-10-18(19)17(11-14)12-15-5-8-16(9-6-15)13(2)3/h5-6,8-9,13-14,17H,4,7,10-12H2,1-3H3. The smallest absolute Gasteiger partial charge is 0.136 e. The van der Waals surface area contributed by atoms with Gasteiger partial charge in [-0.1, -0.05) is 51.5 Å². The molecule has 19 heavy (non-hydrogen) atoms. The maximum Gasteiger partial charge on any atom is 0.136 e. The molecule has 2 unspecified atom stereocenters. The van der Waals surface area contributed by atoms with Gasteiger partial charge in [-0.3, -0.25) is 4.79 Å². The first-order valence-electron chi connectivity index (χ1n) is 7.71. The normalized spacial score (nSPS) is 23.9.